The van der Waals surface area contributed by atoms with Crippen molar-refractivity contribution in [1.29, 1.82) is 0 Å². The van der Waals surface area contributed by atoms with Crippen LogP contribution in [0.2, 0.25) is 0 Å². The zero-order valence-electron chi connectivity index (χ0n) is 10.2. The Morgan fingerprint density at radius 3 is 2.82 bits per heavy atom. The summed E-state index contributed by atoms with van der Waals surface area (Å²) in [5.41, 5.74) is 0. The average Bonchev–Trinajstić information content (AvgIpc) is 2.37. The first-order valence-electron chi connectivity index (χ1n) is 6.09. The largest absolute Gasteiger partial charge is 0.394 e. The Morgan fingerprint density at radius 1 is 1.53 bits per heavy atom. The molecule has 0 aromatic heterocycles. The molecule has 1 heterocycles. The summed E-state index contributed by atoms with van der Waals surface area (Å²) in [5.74, 6) is 0.132. The molecule has 5 nitrogen and oxygen atoms in total. The van der Waals surface area contributed by atoms with E-state index < -0.39 is 0 Å². The summed E-state index contributed by atoms with van der Waals surface area (Å²) in [5, 5.41) is 11.7. The fraction of sp³-hybridized carbons (Fsp3) is 0.750. The minimum Gasteiger partial charge on any atom is -0.394 e. The number of hydrogen-bond donors (Lipinski definition) is 2. The smallest absolute Gasteiger partial charge is 0.236 e. The van der Waals surface area contributed by atoms with E-state index in [2.05, 4.69) is 11.9 Å². The zero-order chi connectivity index (χ0) is 12.5. The van der Waals surface area contributed by atoms with Gasteiger partial charge in [0.05, 0.1) is 25.9 Å². The molecule has 0 aromatic rings. The van der Waals surface area contributed by atoms with E-state index in [1.165, 1.54) is 0 Å². The lowest BCUT2D eigenvalue weighted by Gasteiger charge is -2.32. The summed E-state index contributed by atoms with van der Waals surface area (Å²) in [4.78, 5) is 13.6. The van der Waals surface area contributed by atoms with Crippen LogP contribution in [0.4, 0.5) is 0 Å². The third-order valence-electron chi connectivity index (χ3n) is 2.80. The van der Waals surface area contributed by atoms with Gasteiger partial charge < -0.3 is 20.1 Å². The van der Waals surface area contributed by atoms with Gasteiger partial charge in [0, 0.05) is 19.6 Å². The van der Waals surface area contributed by atoms with Gasteiger partial charge in [-0.3, -0.25) is 4.79 Å². The molecule has 1 amide bonds. The van der Waals surface area contributed by atoms with Crippen molar-refractivity contribution in [1.82, 2.24) is 10.2 Å². The molecule has 1 rings (SSSR count). The second-order valence-electron chi connectivity index (χ2n) is 4.09. The van der Waals surface area contributed by atoms with Crippen LogP contribution in [0.25, 0.3) is 0 Å². The van der Waals surface area contributed by atoms with Crippen LogP contribution in [0, 0.1) is 0 Å². The van der Waals surface area contributed by atoms with Gasteiger partial charge in [-0.2, -0.15) is 0 Å². The van der Waals surface area contributed by atoms with Gasteiger partial charge >= 0.3 is 0 Å². The Balaban J connectivity index is 2.17. The highest BCUT2D eigenvalue weighted by Crippen LogP contribution is 2.13. The molecule has 17 heavy (non-hydrogen) atoms. The van der Waals surface area contributed by atoms with Gasteiger partial charge in [0.15, 0.2) is 0 Å². The molecule has 0 spiro atoms. The predicted octanol–water partition coefficient (Wildman–Crippen LogP) is -0.238. The van der Waals surface area contributed by atoms with Crippen LogP contribution in [-0.2, 0) is 9.53 Å². The van der Waals surface area contributed by atoms with Crippen LogP contribution < -0.4 is 5.32 Å². The lowest BCUT2D eigenvalue weighted by molar-refractivity contribution is -0.132. The van der Waals surface area contributed by atoms with Gasteiger partial charge in [0.2, 0.25) is 5.91 Å². The van der Waals surface area contributed by atoms with Crippen LogP contribution in [0.5, 0.6) is 0 Å². The molecule has 1 fully saturated rings. The van der Waals surface area contributed by atoms with Crippen molar-refractivity contribution in [2.24, 2.45) is 0 Å². The number of nitrogens with one attached hydrogen (secondary N) is 1. The third-order valence-corrected chi connectivity index (χ3v) is 2.80. The van der Waals surface area contributed by atoms with E-state index >= 15 is 0 Å². The zero-order valence-corrected chi connectivity index (χ0v) is 10.2. The number of carbonyl (C=O) groups is 1. The summed E-state index contributed by atoms with van der Waals surface area (Å²) in [7, 11) is 0. The molecule has 0 bridgehead atoms. The standard InChI is InChI=1S/C12H22N2O3/c1-2-5-13-10-12(16)14-6-3-11(4-7-14)17-9-8-15/h2,11,13,15H,1,3-10H2. The number of piperidine rings is 1. The molecule has 5 heteroatoms. The molecule has 1 saturated heterocycles. The Bertz CT molecular complexity index is 238. The van der Waals surface area contributed by atoms with E-state index in [1.807, 2.05) is 4.90 Å². The fourth-order valence-electron chi connectivity index (χ4n) is 1.88. The molecule has 2 N–H and O–H groups in total. The van der Waals surface area contributed by atoms with Crippen LogP contribution in [0.15, 0.2) is 12.7 Å². The Morgan fingerprint density at radius 2 is 2.24 bits per heavy atom. The molecule has 1 aliphatic heterocycles. The van der Waals surface area contributed by atoms with Crippen molar-refractivity contribution in [2.75, 3.05) is 39.4 Å². The third kappa shape index (κ3) is 5.30. The maximum Gasteiger partial charge on any atom is 0.236 e. The van der Waals surface area contributed by atoms with Crippen molar-refractivity contribution >= 4 is 5.91 Å². The lowest BCUT2D eigenvalue weighted by Crippen LogP contribution is -2.44. The maximum absolute atomic E-state index is 11.7. The Labute approximate surface area is 102 Å². The minimum atomic E-state index is 0.0601. The number of ether oxygens (including phenoxy) is 1. The second kappa shape index (κ2) is 8.22. The Kier molecular flexibility index (Phi) is 6.84. The highest BCUT2D eigenvalue weighted by Gasteiger charge is 2.22. The van der Waals surface area contributed by atoms with Crippen LogP contribution in [0.1, 0.15) is 12.8 Å². The molecule has 0 aromatic carbocycles. The highest BCUT2D eigenvalue weighted by atomic mass is 16.5. The summed E-state index contributed by atoms with van der Waals surface area (Å²) < 4.78 is 5.44. The molecule has 98 valence electrons. The van der Waals surface area contributed by atoms with E-state index in [4.69, 9.17) is 9.84 Å². The number of rotatable bonds is 7. The summed E-state index contributed by atoms with van der Waals surface area (Å²) in [6, 6.07) is 0. The first kappa shape index (κ1) is 14.2. The molecule has 0 saturated carbocycles. The number of amides is 1. The average molecular weight is 242 g/mol. The SMILES string of the molecule is C=CCNCC(=O)N1CCC(OCCO)CC1. The van der Waals surface area contributed by atoms with E-state index in [0.717, 1.165) is 25.9 Å². The van der Waals surface area contributed by atoms with Crippen molar-refractivity contribution in [2.45, 2.75) is 18.9 Å². The number of likely N-dealkylation sites (tertiary alicyclic amines) is 1. The molecule has 0 aliphatic carbocycles. The van der Waals surface area contributed by atoms with Gasteiger partial charge in [-0.15, -0.1) is 6.58 Å². The highest BCUT2D eigenvalue weighted by molar-refractivity contribution is 5.78. The Hall–Kier alpha value is -0.910. The number of nitrogens with zero attached hydrogens (tertiary/aromatic N) is 1. The van der Waals surface area contributed by atoms with Gasteiger partial charge in [-0.1, -0.05) is 6.08 Å². The molecular weight excluding hydrogens is 220 g/mol. The van der Waals surface area contributed by atoms with E-state index in [-0.39, 0.29) is 18.6 Å². The molecule has 1 aliphatic rings. The van der Waals surface area contributed by atoms with Crippen molar-refractivity contribution in [3.05, 3.63) is 12.7 Å². The molecule has 0 atom stereocenters. The molecule has 0 unspecified atom stereocenters. The van der Waals surface area contributed by atoms with Gasteiger partial charge in [0.25, 0.3) is 0 Å². The number of hydrogen-bond acceptors (Lipinski definition) is 4. The fourth-order valence-corrected chi connectivity index (χ4v) is 1.88. The molecular formula is C12H22N2O3. The number of aliphatic hydroxyl groups excluding tert-OH is 1. The summed E-state index contributed by atoms with van der Waals surface area (Å²) in [6.07, 6.45) is 3.63. The van der Waals surface area contributed by atoms with Crippen molar-refractivity contribution in [3.63, 3.8) is 0 Å². The monoisotopic (exact) mass is 242 g/mol. The normalized spacial score (nSPS) is 17.1. The maximum atomic E-state index is 11.7. The summed E-state index contributed by atoms with van der Waals surface area (Å²) >= 11 is 0. The van der Waals surface area contributed by atoms with Gasteiger partial charge in [-0.25, -0.2) is 0 Å². The van der Waals surface area contributed by atoms with E-state index in [1.54, 1.807) is 6.08 Å². The van der Waals surface area contributed by atoms with Gasteiger partial charge in [-0.05, 0) is 12.8 Å². The van der Waals surface area contributed by atoms with Crippen LogP contribution in [0.3, 0.4) is 0 Å². The number of aliphatic hydroxyl groups is 1. The lowest BCUT2D eigenvalue weighted by atomic mass is 10.1. The second-order valence-corrected chi connectivity index (χ2v) is 4.09. The first-order valence-corrected chi connectivity index (χ1v) is 6.09. The van der Waals surface area contributed by atoms with E-state index in [0.29, 0.717) is 19.7 Å². The van der Waals surface area contributed by atoms with Crippen LogP contribution >= 0.6 is 0 Å². The van der Waals surface area contributed by atoms with Crippen molar-refractivity contribution in [3.8, 4) is 0 Å². The number of carbonyl (C=O) groups excluding carboxylic acids is 1. The topological polar surface area (TPSA) is 61.8 Å². The van der Waals surface area contributed by atoms with Crippen molar-refractivity contribution < 1.29 is 14.6 Å². The van der Waals surface area contributed by atoms with Crippen LogP contribution in [-0.4, -0.2) is 61.4 Å². The predicted molar refractivity (Wildman–Crippen MR) is 65.7 cm³/mol. The van der Waals surface area contributed by atoms with Gasteiger partial charge in [0.1, 0.15) is 0 Å². The molecule has 0 radical (unpaired) electrons. The quantitative estimate of drug-likeness (QED) is 0.478. The first-order chi connectivity index (χ1) is 8.27. The summed E-state index contributed by atoms with van der Waals surface area (Å²) in [6.45, 7) is 6.54. The van der Waals surface area contributed by atoms with E-state index in [9.17, 15) is 4.79 Å². The minimum absolute atomic E-state index is 0.0601.